The van der Waals surface area contributed by atoms with Crippen molar-refractivity contribution in [1.29, 1.82) is 0 Å². The molecule has 3 rings (SSSR count). The maximum absolute atomic E-state index is 12.2. The minimum Gasteiger partial charge on any atom is -0.495 e. The summed E-state index contributed by atoms with van der Waals surface area (Å²) in [5.74, 6) is -0.859. The van der Waals surface area contributed by atoms with Gasteiger partial charge in [-0.05, 0) is 36.8 Å². The van der Waals surface area contributed by atoms with Gasteiger partial charge < -0.3 is 19.8 Å². The lowest BCUT2D eigenvalue weighted by atomic mass is 10.2. The van der Waals surface area contributed by atoms with Crippen molar-refractivity contribution in [1.82, 2.24) is 5.32 Å². The second kappa shape index (κ2) is 7.70. The number of hydrogen-bond donors (Lipinski definition) is 2. The number of carbonyl (C=O) groups is 2. The number of furan rings is 1. The average molecular weight is 393 g/mol. The van der Waals surface area contributed by atoms with Crippen molar-refractivity contribution in [2.24, 2.45) is 0 Å². The summed E-state index contributed by atoms with van der Waals surface area (Å²) >= 11 is 0. The largest absolute Gasteiger partial charge is 0.495 e. The minimum atomic E-state index is -3.36. The van der Waals surface area contributed by atoms with Crippen LogP contribution in [0.1, 0.15) is 12.2 Å². The predicted octanol–water partition coefficient (Wildman–Crippen LogP) is 1.08. The highest BCUT2D eigenvalue weighted by Gasteiger charge is 2.29. The summed E-state index contributed by atoms with van der Waals surface area (Å²) in [6, 6.07) is 7.94. The molecule has 1 fully saturated rings. The Kier molecular flexibility index (Phi) is 5.36. The van der Waals surface area contributed by atoms with Crippen molar-refractivity contribution in [2.75, 3.05) is 29.0 Å². The zero-order valence-corrected chi connectivity index (χ0v) is 15.4. The fraction of sp³-hybridized carbons (Fsp3) is 0.294. The molecule has 10 heteroatoms. The topological polar surface area (TPSA) is 118 Å². The Morgan fingerprint density at radius 3 is 2.70 bits per heavy atom. The van der Waals surface area contributed by atoms with Gasteiger partial charge in [0.15, 0.2) is 0 Å². The van der Waals surface area contributed by atoms with Gasteiger partial charge in [0.1, 0.15) is 11.5 Å². The Hall–Kier alpha value is -3.01. The average Bonchev–Trinajstić information content (AvgIpc) is 3.28. The summed E-state index contributed by atoms with van der Waals surface area (Å²) < 4.78 is 35.7. The van der Waals surface area contributed by atoms with Crippen molar-refractivity contribution < 1.29 is 27.2 Å². The Bertz CT molecular complexity index is 940. The van der Waals surface area contributed by atoms with Crippen molar-refractivity contribution in [3.05, 3.63) is 42.4 Å². The second-order valence-corrected chi connectivity index (χ2v) is 7.86. The quantitative estimate of drug-likeness (QED) is 0.734. The van der Waals surface area contributed by atoms with Crippen LogP contribution >= 0.6 is 0 Å². The van der Waals surface area contributed by atoms with Gasteiger partial charge in [0.25, 0.3) is 0 Å². The Morgan fingerprint density at radius 2 is 2.07 bits per heavy atom. The number of nitrogens with zero attached hydrogens (tertiary/aromatic N) is 1. The zero-order valence-electron chi connectivity index (χ0n) is 14.6. The number of ether oxygens (including phenoxy) is 1. The number of nitrogens with one attached hydrogen (secondary N) is 2. The number of anilines is 2. The number of benzene rings is 1. The van der Waals surface area contributed by atoms with Crippen LogP contribution in [0, 0.1) is 0 Å². The fourth-order valence-corrected chi connectivity index (χ4v) is 4.27. The molecule has 0 radical (unpaired) electrons. The number of rotatable bonds is 5. The third-order valence-corrected chi connectivity index (χ3v) is 5.90. The van der Waals surface area contributed by atoms with Crippen LogP contribution in [0.3, 0.4) is 0 Å². The van der Waals surface area contributed by atoms with Crippen LogP contribution < -0.4 is 19.7 Å². The van der Waals surface area contributed by atoms with Crippen molar-refractivity contribution in [3.63, 3.8) is 0 Å². The molecule has 144 valence electrons. The van der Waals surface area contributed by atoms with Gasteiger partial charge in [0, 0.05) is 6.54 Å². The van der Waals surface area contributed by atoms with E-state index in [4.69, 9.17) is 9.15 Å². The van der Waals surface area contributed by atoms with Crippen LogP contribution in [0.4, 0.5) is 11.4 Å². The summed E-state index contributed by atoms with van der Waals surface area (Å²) in [6.45, 7) is 0.439. The highest BCUT2D eigenvalue weighted by molar-refractivity contribution is 7.93. The molecule has 2 heterocycles. The van der Waals surface area contributed by atoms with E-state index in [1.807, 2.05) is 0 Å². The highest BCUT2D eigenvalue weighted by atomic mass is 32.2. The lowest BCUT2D eigenvalue weighted by molar-refractivity contribution is -0.136. The fourth-order valence-electron chi connectivity index (χ4n) is 2.72. The predicted molar refractivity (Wildman–Crippen MR) is 97.9 cm³/mol. The molecule has 2 N–H and O–H groups in total. The molecule has 1 aromatic heterocycles. The smallest absolute Gasteiger partial charge is 0.313 e. The Labute approximate surface area is 156 Å². The standard InChI is InChI=1S/C17H19N3O6S/c1-25-15-6-5-12(20-7-3-9-27(20,23)24)10-14(15)19-17(22)16(21)18-11-13-4-2-8-26-13/h2,4-6,8,10H,3,7,9,11H2,1H3,(H,18,21)(H,19,22). The van der Waals surface area contributed by atoms with Crippen molar-refractivity contribution >= 4 is 33.2 Å². The van der Waals surface area contributed by atoms with E-state index in [-0.39, 0.29) is 18.0 Å². The molecule has 2 amide bonds. The van der Waals surface area contributed by atoms with Gasteiger partial charge in [-0.1, -0.05) is 0 Å². The molecule has 0 aliphatic carbocycles. The first-order chi connectivity index (χ1) is 12.9. The number of amides is 2. The molecule has 1 aromatic carbocycles. The number of carbonyl (C=O) groups excluding carboxylic acids is 2. The second-order valence-electron chi connectivity index (χ2n) is 5.84. The normalized spacial score (nSPS) is 15.4. The summed E-state index contributed by atoms with van der Waals surface area (Å²) in [6.07, 6.45) is 2.00. The molecule has 0 atom stereocenters. The molecule has 0 saturated carbocycles. The van der Waals surface area contributed by atoms with Crippen molar-refractivity contribution in [2.45, 2.75) is 13.0 Å². The van der Waals surface area contributed by atoms with E-state index in [1.54, 1.807) is 24.3 Å². The molecule has 0 spiro atoms. The lowest BCUT2D eigenvalue weighted by Crippen LogP contribution is -2.35. The number of sulfonamides is 1. The van der Waals surface area contributed by atoms with Gasteiger partial charge in [-0.2, -0.15) is 0 Å². The third kappa shape index (κ3) is 4.22. The van der Waals surface area contributed by atoms with Gasteiger partial charge >= 0.3 is 11.8 Å². The van der Waals surface area contributed by atoms with Crippen LogP contribution in [0.2, 0.25) is 0 Å². The van der Waals surface area contributed by atoms with Crippen molar-refractivity contribution in [3.8, 4) is 5.75 Å². The van der Waals surface area contributed by atoms with Gasteiger partial charge in [-0.15, -0.1) is 0 Å². The highest BCUT2D eigenvalue weighted by Crippen LogP contribution is 2.32. The van der Waals surface area contributed by atoms with E-state index < -0.39 is 21.8 Å². The maximum Gasteiger partial charge on any atom is 0.313 e. The number of hydrogen-bond acceptors (Lipinski definition) is 6. The molecule has 1 saturated heterocycles. The number of methoxy groups -OCH3 is 1. The molecular weight excluding hydrogens is 374 g/mol. The summed E-state index contributed by atoms with van der Waals surface area (Å²) in [5.41, 5.74) is 0.606. The van der Waals surface area contributed by atoms with Crippen LogP contribution in [0.25, 0.3) is 0 Å². The first-order valence-corrected chi connectivity index (χ1v) is 9.81. The maximum atomic E-state index is 12.2. The van der Waals surface area contributed by atoms with E-state index in [0.717, 1.165) is 0 Å². The molecule has 1 aliphatic rings. The molecule has 1 aliphatic heterocycles. The van der Waals surface area contributed by atoms with Crippen LogP contribution in [0.15, 0.2) is 41.0 Å². The lowest BCUT2D eigenvalue weighted by Gasteiger charge is -2.19. The molecule has 27 heavy (non-hydrogen) atoms. The van der Waals surface area contributed by atoms with Crippen LogP contribution in [-0.4, -0.2) is 39.6 Å². The van der Waals surface area contributed by atoms with Gasteiger partial charge in [-0.25, -0.2) is 8.42 Å². The molecular formula is C17H19N3O6S. The van der Waals surface area contributed by atoms with Crippen LogP contribution in [-0.2, 0) is 26.2 Å². The van der Waals surface area contributed by atoms with E-state index in [9.17, 15) is 18.0 Å². The minimum absolute atomic E-state index is 0.0719. The first-order valence-electron chi connectivity index (χ1n) is 8.21. The molecule has 2 aromatic rings. The molecule has 0 bridgehead atoms. The van der Waals surface area contributed by atoms with E-state index in [1.165, 1.54) is 23.7 Å². The van der Waals surface area contributed by atoms with Gasteiger partial charge in [0.2, 0.25) is 10.0 Å². The summed E-state index contributed by atoms with van der Waals surface area (Å²) in [7, 11) is -1.95. The SMILES string of the molecule is COc1ccc(N2CCCS2(=O)=O)cc1NC(=O)C(=O)NCc1ccco1. The third-order valence-electron chi connectivity index (χ3n) is 4.03. The molecule has 9 nitrogen and oxygen atoms in total. The van der Waals surface area contributed by atoms with E-state index in [0.29, 0.717) is 30.2 Å². The van der Waals surface area contributed by atoms with Crippen LogP contribution in [0.5, 0.6) is 5.75 Å². The molecule has 0 unspecified atom stereocenters. The first kappa shape index (κ1) is 18.8. The monoisotopic (exact) mass is 393 g/mol. The van der Waals surface area contributed by atoms with E-state index in [2.05, 4.69) is 10.6 Å². The Balaban J connectivity index is 1.73. The van der Waals surface area contributed by atoms with Gasteiger partial charge in [0.05, 0.1) is 37.0 Å². The summed E-state index contributed by atoms with van der Waals surface area (Å²) in [5, 5.41) is 4.89. The van der Waals surface area contributed by atoms with E-state index >= 15 is 0 Å². The Morgan fingerprint density at radius 1 is 1.26 bits per heavy atom. The summed E-state index contributed by atoms with van der Waals surface area (Å²) in [4.78, 5) is 24.1. The van der Waals surface area contributed by atoms with Gasteiger partial charge in [-0.3, -0.25) is 13.9 Å². The zero-order chi connectivity index (χ0) is 19.4.